The quantitative estimate of drug-likeness (QED) is 0.0954. The minimum absolute atomic E-state index is 0.0394. The minimum atomic E-state index is -5.05. The van der Waals surface area contributed by atoms with Crippen molar-refractivity contribution < 1.29 is 55.2 Å². The Kier molecular flexibility index (Phi) is 12.3. The van der Waals surface area contributed by atoms with Crippen LogP contribution in [0.15, 0.2) is 60.9 Å². The Morgan fingerprint density at radius 1 is 0.824 bits per heavy atom. The zero-order valence-corrected chi connectivity index (χ0v) is 28.5. The van der Waals surface area contributed by atoms with Crippen LogP contribution >= 0.6 is 0 Å². The van der Waals surface area contributed by atoms with E-state index in [1.807, 2.05) is 39.0 Å². The van der Waals surface area contributed by atoms with Crippen molar-refractivity contribution in [3.05, 3.63) is 88.7 Å². The molecule has 0 spiro atoms. The van der Waals surface area contributed by atoms with Gasteiger partial charge in [0.2, 0.25) is 5.95 Å². The standard InChI is InChI=1S/C36H37F6N3O6/c1-21(2)51-30-9-8-22(3)11-29(30)28-16-32(49-5)31(48-4)14-24(28)20-45(34-43-17-27(18-44-34)50-10-6-7-33(46)47)19-23-12-25(35(37,38)39)15-26(13-23)36(40,41)42/h8-9,11-18,21H,6-7,10,19-20H2,1-5H3,(H,46,47). The van der Waals surface area contributed by atoms with Crippen LogP contribution in [-0.2, 0) is 30.2 Å². The summed E-state index contributed by atoms with van der Waals surface area (Å²) >= 11 is 0. The lowest BCUT2D eigenvalue weighted by Gasteiger charge is -2.26. The Balaban J connectivity index is 1.87. The molecule has 0 saturated carbocycles. The molecule has 0 fully saturated rings. The highest BCUT2D eigenvalue weighted by Gasteiger charge is 2.37. The summed E-state index contributed by atoms with van der Waals surface area (Å²) in [5, 5.41) is 8.86. The van der Waals surface area contributed by atoms with Crippen LogP contribution in [0.4, 0.5) is 32.3 Å². The Bertz CT molecular complexity index is 1780. The Morgan fingerprint density at radius 3 is 1.98 bits per heavy atom. The summed E-state index contributed by atoms with van der Waals surface area (Å²) in [4.78, 5) is 20.9. The van der Waals surface area contributed by atoms with E-state index in [1.165, 1.54) is 31.5 Å². The highest BCUT2D eigenvalue weighted by Crippen LogP contribution is 2.42. The number of methoxy groups -OCH3 is 2. The third kappa shape index (κ3) is 10.4. The third-order valence-corrected chi connectivity index (χ3v) is 7.48. The van der Waals surface area contributed by atoms with Crippen LogP contribution < -0.4 is 23.8 Å². The maximum atomic E-state index is 13.8. The second-order valence-corrected chi connectivity index (χ2v) is 11.9. The van der Waals surface area contributed by atoms with Crippen molar-refractivity contribution in [2.45, 2.75) is 65.2 Å². The summed E-state index contributed by atoms with van der Waals surface area (Å²) in [6, 6.07) is 10.3. The molecule has 0 unspecified atom stereocenters. The average Bonchev–Trinajstić information content (AvgIpc) is 3.06. The number of rotatable bonds is 15. The van der Waals surface area contributed by atoms with Gasteiger partial charge in [0, 0.05) is 25.1 Å². The van der Waals surface area contributed by atoms with Crippen LogP contribution in [-0.4, -0.2) is 48.0 Å². The fourth-order valence-electron chi connectivity index (χ4n) is 5.21. The number of aliphatic carboxylic acids is 1. The molecule has 4 rings (SSSR count). The minimum Gasteiger partial charge on any atom is -0.493 e. The van der Waals surface area contributed by atoms with Gasteiger partial charge >= 0.3 is 18.3 Å². The number of anilines is 1. The molecule has 0 radical (unpaired) electrons. The van der Waals surface area contributed by atoms with E-state index in [9.17, 15) is 31.1 Å². The van der Waals surface area contributed by atoms with Gasteiger partial charge in [-0.15, -0.1) is 0 Å². The van der Waals surface area contributed by atoms with Gasteiger partial charge in [0.25, 0.3) is 0 Å². The SMILES string of the molecule is COc1cc(CN(Cc2cc(C(F)(F)F)cc(C(F)(F)F)c2)c2ncc(OCCCC(=O)O)cn2)c(-c2cc(C)ccc2OC(C)C)cc1OC. The van der Waals surface area contributed by atoms with Gasteiger partial charge < -0.3 is 29.0 Å². The normalized spacial score (nSPS) is 11.8. The molecule has 0 atom stereocenters. The second-order valence-electron chi connectivity index (χ2n) is 11.9. The Morgan fingerprint density at radius 2 is 1.43 bits per heavy atom. The lowest BCUT2D eigenvalue weighted by molar-refractivity contribution is -0.143. The summed E-state index contributed by atoms with van der Waals surface area (Å²) in [6.45, 7) is 5.07. The zero-order chi connectivity index (χ0) is 37.5. The summed E-state index contributed by atoms with van der Waals surface area (Å²) < 4.78 is 106. The van der Waals surface area contributed by atoms with Gasteiger partial charge in [-0.2, -0.15) is 26.3 Å². The molecule has 3 aromatic carbocycles. The van der Waals surface area contributed by atoms with Crippen molar-refractivity contribution in [1.82, 2.24) is 9.97 Å². The van der Waals surface area contributed by atoms with E-state index in [0.717, 1.165) is 5.56 Å². The van der Waals surface area contributed by atoms with Gasteiger partial charge in [0.15, 0.2) is 17.2 Å². The summed E-state index contributed by atoms with van der Waals surface area (Å²) in [6.07, 6.45) is -7.64. The lowest BCUT2D eigenvalue weighted by atomic mass is 9.95. The van der Waals surface area contributed by atoms with E-state index in [1.54, 1.807) is 12.1 Å². The number of aromatic nitrogens is 2. The van der Waals surface area contributed by atoms with Crippen molar-refractivity contribution in [1.29, 1.82) is 0 Å². The molecule has 274 valence electrons. The van der Waals surface area contributed by atoms with Crippen LogP contribution in [0, 0.1) is 6.92 Å². The molecular formula is C36H37F6N3O6. The first-order valence-electron chi connectivity index (χ1n) is 15.7. The molecule has 0 bridgehead atoms. The van der Waals surface area contributed by atoms with Gasteiger partial charge in [-0.25, -0.2) is 9.97 Å². The molecule has 9 nitrogen and oxygen atoms in total. The van der Waals surface area contributed by atoms with E-state index in [0.29, 0.717) is 46.1 Å². The van der Waals surface area contributed by atoms with Crippen molar-refractivity contribution in [3.8, 4) is 34.1 Å². The summed E-state index contributed by atoms with van der Waals surface area (Å²) in [7, 11) is 2.89. The first kappa shape index (κ1) is 38.6. The number of aryl methyl sites for hydroxylation is 1. The molecular weight excluding hydrogens is 684 g/mol. The van der Waals surface area contributed by atoms with E-state index >= 15 is 0 Å². The first-order valence-corrected chi connectivity index (χ1v) is 15.7. The van der Waals surface area contributed by atoms with Gasteiger partial charge in [-0.3, -0.25) is 4.79 Å². The number of halogens is 6. The molecule has 0 aliphatic rings. The van der Waals surface area contributed by atoms with Gasteiger partial charge in [-0.05, 0) is 86.3 Å². The number of benzene rings is 3. The van der Waals surface area contributed by atoms with Gasteiger partial charge in [0.05, 0.1) is 50.5 Å². The van der Waals surface area contributed by atoms with Crippen molar-refractivity contribution in [2.24, 2.45) is 0 Å². The molecule has 0 aliphatic carbocycles. The molecule has 0 amide bonds. The number of hydrogen-bond donors (Lipinski definition) is 1. The van der Waals surface area contributed by atoms with Crippen LogP contribution in [0.5, 0.6) is 23.0 Å². The highest BCUT2D eigenvalue weighted by molar-refractivity contribution is 5.77. The fraction of sp³-hybridized carbons (Fsp3) is 0.361. The molecule has 15 heteroatoms. The summed E-state index contributed by atoms with van der Waals surface area (Å²) in [5.74, 6) is 0.371. The monoisotopic (exact) mass is 721 g/mol. The number of nitrogens with zero attached hydrogens (tertiary/aromatic N) is 3. The predicted octanol–water partition coefficient (Wildman–Crippen LogP) is 8.74. The van der Waals surface area contributed by atoms with Crippen LogP contribution in [0.1, 0.15) is 54.5 Å². The first-order chi connectivity index (χ1) is 24.0. The number of ether oxygens (including phenoxy) is 4. The maximum Gasteiger partial charge on any atom is 0.416 e. The van der Waals surface area contributed by atoms with Crippen molar-refractivity contribution in [2.75, 3.05) is 25.7 Å². The van der Waals surface area contributed by atoms with E-state index < -0.39 is 36.0 Å². The maximum absolute atomic E-state index is 13.8. The van der Waals surface area contributed by atoms with Crippen LogP contribution in [0.3, 0.4) is 0 Å². The predicted molar refractivity (Wildman–Crippen MR) is 176 cm³/mol. The molecule has 51 heavy (non-hydrogen) atoms. The van der Waals surface area contributed by atoms with Crippen molar-refractivity contribution >= 4 is 11.9 Å². The van der Waals surface area contributed by atoms with Gasteiger partial charge in [-0.1, -0.05) is 11.6 Å². The Labute approximate surface area is 290 Å². The molecule has 1 aromatic heterocycles. The van der Waals surface area contributed by atoms with E-state index in [4.69, 9.17) is 24.1 Å². The van der Waals surface area contributed by atoms with Gasteiger partial charge in [0.1, 0.15) is 5.75 Å². The summed E-state index contributed by atoms with van der Waals surface area (Å²) in [5.41, 5.74) is -0.534. The lowest BCUT2D eigenvalue weighted by Crippen LogP contribution is -2.25. The van der Waals surface area contributed by atoms with E-state index in [2.05, 4.69) is 9.97 Å². The number of carbonyl (C=O) groups is 1. The molecule has 0 saturated heterocycles. The zero-order valence-electron chi connectivity index (χ0n) is 28.5. The van der Waals surface area contributed by atoms with E-state index in [-0.39, 0.29) is 55.4 Å². The topological polar surface area (TPSA) is 103 Å². The second kappa shape index (κ2) is 16.2. The Hall–Kier alpha value is -5.21. The average molecular weight is 722 g/mol. The molecule has 1 heterocycles. The highest BCUT2D eigenvalue weighted by atomic mass is 19.4. The number of carboxylic acid groups (broad SMARTS) is 1. The number of hydrogen-bond acceptors (Lipinski definition) is 8. The largest absolute Gasteiger partial charge is 0.493 e. The molecule has 0 aliphatic heterocycles. The number of carboxylic acids is 1. The van der Waals surface area contributed by atoms with Crippen LogP contribution in [0.2, 0.25) is 0 Å². The smallest absolute Gasteiger partial charge is 0.416 e. The molecule has 4 aromatic rings. The van der Waals surface area contributed by atoms with Crippen molar-refractivity contribution in [3.63, 3.8) is 0 Å². The fourth-order valence-corrected chi connectivity index (χ4v) is 5.21. The molecule has 1 N–H and O–H groups in total. The third-order valence-electron chi connectivity index (χ3n) is 7.48. The number of alkyl halides is 6. The van der Waals surface area contributed by atoms with Crippen LogP contribution in [0.25, 0.3) is 11.1 Å².